The molecule has 0 bridgehead atoms. The highest BCUT2D eigenvalue weighted by atomic mass is 14.9. The highest BCUT2D eigenvalue weighted by Gasteiger charge is 2.38. The summed E-state index contributed by atoms with van der Waals surface area (Å²) >= 11 is 0. The molecule has 2 unspecified atom stereocenters. The van der Waals surface area contributed by atoms with Crippen molar-refractivity contribution in [3.8, 4) is 0 Å². The van der Waals surface area contributed by atoms with Crippen molar-refractivity contribution in [2.75, 3.05) is 0 Å². The Morgan fingerprint density at radius 2 is 1.88 bits per heavy atom. The Morgan fingerprint density at radius 3 is 2.44 bits per heavy atom. The van der Waals surface area contributed by atoms with Gasteiger partial charge in [0.15, 0.2) is 0 Å². The average molecular weight is 216 g/mol. The molecule has 0 radical (unpaired) electrons. The Kier molecular flexibility index (Phi) is 2.75. The van der Waals surface area contributed by atoms with Crippen molar-refractivity contribution in [2.45, 2.75) is 39.2 Å². The number of rotatable bonds is 2. The van der Waals surface area contributed by atoms with Crippen LogP contribution in [0.4, 0.5) is 0 Å². The van der Waals surface area contributed by atoms with Crippen molar-refractivity contribution in [1.29, 1.82) is 0 Å². The second-order valence-electron chi connectivity index (χ2n) is 5.58. The van der Waals surface area contributed by atoms with Gasteiger partial charge in [0.1, 0.15) is 0 Å². The van der Waals surface area contributed by atoms with Crippen LogP contribution in [-0.4, -0.2) is 11.9 Å². The van der Waals surface area contributed by atoms with Crippen LogP contribution in [-0.2, 0) is 0 Å². The van der Waals surface area contributed by atoms with Crippen molar-refractivity contribution in [3.05, 3.63) is 35.9 Å². The van der Waals surface area contributed by atoms with E-state index in [1.165, 1.54) is 5.56 Å². The van der Waals surface area contributed by atoms with Crippen LogP contribution in [0.5, 0.6) is 0 Å². The smallest absolute Gasteiger partial charge is 0.0995 e. The fourth-order valence-electron chi connectivity index (χ4n) is 1.76. The van der Waals surface area contributed by atoms with Gasteiger partial charge >= 0.3 is 0 Å². The van der Waals surface area contributed by atoms with Gasteiger partial charge in [0.05, 0.1) is 11.9 Å². The number of hydrogen-bond donors (Lipinski definition) is 1. The Morgan fingerprint density at radius 1 is 1.25 bits per heavy atom. The summed E-state index contributed by atoms with van der Waals surface area (Å²) in [6.07, 6.45) is 1.14. The molecule has 1 saturated carbocycles. The summed E-state index contributed by atoms with van der Waals surface area (Å²) < 4.78 is 0. The largest absolute Gasteiger partial charge is 0.387 e. The van der Waals surface area contributed by atoms with Crippen molar-refractivity contribution >= 4 is 5.84 Å². The molecule has 86 valence electrons. The third kappa shape index (κ3) is 2.43. The van der Waals surface area contributed by atoms with Gasteiger partial charge in [0.2, 0.25) is 0 Å². The number of amidine groups is 1. The molecule has 1 fully saturated rings. The van der Waals surface area contributed by atoms with Crippen molar-refractivity contribution in [2.24, 2.45) is 16.1 Å². The lowest BCUT2D eigenvalue weighted by Crippen LogP contribution is -2.29. The van der Waals surface area contributed by atoms with Crippen molar-refractivity contribution in [1.82, 2.24) is 0 Å². The molecule has 1 aromatic rings. The van der Waals surface area contributed by atoms with Gasteiger partial charge in [0, 0.05) is 11.3 Å². The van der Waals surface area contributed by atoms with E-state index in [4.69, 9.17) is 5.73 Å². The molecule has 16 heavy (non-hydrogen) atoms. The second kappa shape index (κ2) is 3.93. The summed E-state index contributed by atoms with van der Waals surface area (Å²) in [5, 5.41) is 0. The SMILES string of the molecule is CC(C)(C)C(N)=NC1CC1c1ccccc1. The third-order valence-electron chi connectivity index (χ3n) is 3.06. The van der Waals surface area contributed by atoms with E-state index in [-0.39, 0.29) is 5.41 Å². The minimum Gasteiger partial charge on any atom is -0.387 e. The molecule has 1 aliphatic rings. The van der Waals surface area contributed by atoms with E-state index < -0.39 is 0 Å². The van der Waals surface area contributed by atoms with Gasteiger partial charge in [-0.1, -0.05) is 51.1 Å². The summed E-state index contributed by atoms with van der Waals surface area (Å²) in [5.74, 6) is 1.36. The molecule has 2 atom stereocenters. The molecule has 0 spiro atoms. The minimum atomic E-state index is -0.0101. The molecule has 2 N–H and O–H groups in total. The molecule has 0 heterocycles. The van der Waals surface area contributed by atoms with Gasteiger partial charge < -0.3 is 5.73 Å². The fourth-order valence-corrected chi connectivity index (χ4v) is 1.76. The summed E-state index contributed by atoms with van der Waals surface area (Å²) in [4.78, 5) is 4.61. The predicted octanol–water partition coefficient (Wildman–Crippen LogP) is 2.95. The normalized spacial score (nSPS) is 25.6. The van der Waals surface area contributed by atoms with E-state index in [1.807, 2.05) is 6.07 Å². The Hall–Kier alpha value is -1.31. The van der Waals surface area contributed by atoms with E-state index in [0.717, 1.165) is 12.3 Å². The van der Waals surface area contributed by atoms with Gasteiger partial charge in [-0.15, -0.1) is 0 Å². The summed E-state index contributed by atoms with van der Waals surface area (Å²) in [5.41, 5.74) is 7.36. The van der Waals surface area contributed by atoms with Gasteiger partial charge in [-0.3, -0.25) is 4.99 Å². The highest BCUT2D eigenvalue weighted by Crippen LogP contribution is 2.43. The lowest BCUT2D eigenvalue weighted by atomic mass is 9.95. The molecule has 2 nitrogen and oxygen atoms in total. The van der Waals surface area contributed by atoms with E-state index in [9.17, 15) is 0 Å². The number of benzene rings is 1. The first-order valence-electron chi connectivity index (χ1n) is 5.87. The minimum absolute atomic E-state index is 0.0101. The van der Waals surface area contributed by atoms with Crippen LogP contribution in [0.25, 0.3) is 0 Å². The van der Waals surface area contributed by atoms with Gasteiger partial charge in [0.25, 0.3) is 0 Å². The van der Waals surface area contributed by atoms with Crippen LogP contribution < -0.4 is 5.73 Å². The molecule has 0 aliphatic heterocycles. The van der Waals surface area contributed by atoms with Crippen LogP contribution in [0, 0.1) is 5.41 Å². The molecule has 1 aliphatic carbocycles. The van der Waals surface area contributed by atoms with Gasteiger partial charge in [-0.05, 0) is 12.0 Å². The van der Waals surface area contributed by atoms with Crippen LogP contribution in [0.2, 0.25) is 0 Å². The third-order valence-corrected chi connectivity index (χ3v) is 3.06. The summed E-state index contributed by atoms with van der Waals surface area (Å²) in [6, 6.07) is 11.0. The summed E-state index contributed by atoms with van der Waals surface area (Å²) in [6.45, 7) is 6.31. The summed E-state index contributed by atoms with van der Waals surface area (Å²) in [7, 11) is 0. The molecule has 0 aromatic heterocycles. The lowest BCUT2D eigenvalue weighted by molar-refractivity contribution is 0.580. The van der Waals surface area contributed by atoms with Crippen molar-refractivity contribution in [3.63, 3.8) is 0 Å². The molecule has 2 heteroatoms. The van der Waals surface area contributed by atoms with Gasteiger partial charge in [-0.2, -0.15) is 0 Å². The topological polar surface area (TPSA) is 38.4 Å². The van der Waals surface area contributed by atoms with Crippen molar-refractivity contribution < 1.29 is 0 Å². The average Bonchev–Trinajstić information content (AvgIpc) is 2.97. The maximum atomic E-state index is 5.98. The zero-order chi connectivity index (χ0) is 11.8. The van der Waals surface area contributed by atoms with Crippen LogP contribution in [0.1, 0.15) is 38.7 Å². The molecule has 2 rings (SSSR count). The number of nitrogens with two attached hydrogens (primary N) is 1. The number of hydrogen-bond acceptors (Lipinski definition) is 1. The van der Waals surface area contributed by atoms with Crippen LogP contribution >= 0.6 is 0 Å². The molecule has 1 aromatic carbocycles. The first-order valence-corrected chi connectivity index (χ1v) is 5.87. The second-order valence-corrected chi connectivity index (χ2v) is 5.58. The quantitative estimate of drug-likeness (QED) is 0.599. The van der Waals surface area contributed by atoms with Crippen LogP contribution in [0.3, 0.4) is 0 Å². The number of nitrogens with zero attached hydrogens (tertiary/aromatic N) is 1. The van der Waals surface area contributed by atoms with E-state index >= 15 is 0 Å². The molecular formula is C14H20N2. The Bertz CT molecular complexity index is 387. The number of aliphatic imine (C=N–C) groups is 1. The van der Waals surface area contributed by atoms with E-state index in [0.29, 0.717) is 12.0 Å². The van der Waals surface area contributed by atoms with Gasteiger partial charge in [-0.25, -0.2) is 0 Å². The zero-order valence-electron chi connectivity index (χ0n) is 10.3. The fraction of sp³-hybridized carbons (Fsp3) is 0.500. The first kappa shape index (κ1) is 11.2. The van der Waals surface area contributed by atoms with E-state index in [1.54, 1.807) is 0 Å². The lowest BCUT2D eigenvalue weighted by Gasteiger charge is -2.17. The first-order chi connectivity index (χ1) is 7.48. The maximum absolute atomic E-state index is 5.98. The molecular weight excluding hydrogens is 196 g/mol. The van der Waals surface area contributed by atoms with Crippen LogP contribution in [0.15, 0.2) is 35.3 Å². The zero-order valence-corrected chi connectivity index (χ0v) is 10.3. The monoisotopic (exact) mass is 216 g/mol. The Labute approximate surface area is 97.6 Å². The highest BCUT2D eigenvalue weighted by molar-refractivity contribution is 5.85. The maximum Gasteiger partial charge on any atom is 0.0995 e. The Balaban J connectivity index is 2.03. The molecule has 0 saturated heterocycles. The molecule has 0 amide bonds. The predicted molar refractivity (Wildman–Crippen MR) is 68.7 cm³/mol. The standard InChI is InChI=1S/C14H20N2/c1-14(2,3)13(15)16-12-9-11(12)10-7-5-4-6-8-10/h4-8,11-12H,9H2,1-3H3,(H2,15,16). The van der Waals surface area contributed by atoms with E-state index in [2.05, 4.69) is 50.0 Å².